The largest absolute Gasteiger partial charge is 0.496 e. The van der Waals surface area contributed by atoms with Gasteiger partial charge in [-0.1, -0.05) is 11.6 Å². The van der Waals surface area contributed by atoms with Gasteiger partial charge >= 0.3 is 0 Å². The number of aryl methyl sites for hydroxylation is 1. The summed E-state index contributed by atoms with van der Waals surface area (Å²) in [5.74, 6) is 0.575. The molecule has 134 valence electrons. The molecule has 0 N–H and O–H groups in total. The first-order chi connectivity index (χ1) is 12.1. The summed E-state index contributed by atoms with van der Waals surface area (Å²) in [4.78, 5) is 18.8. The van der Waals surface area contributed by atoms with Gasteiger partial charge in [0.1, 0.15) is 5.75 Å². The lowest BCUT2D eigenvalue weighted by molar-refractivity contribution is 0.0480. The second-order valence-corrected chi connectivity index (χ2v) is 7.77. The van der Waals surface area contributed by atoms with Gasteiger partial charge in [0.05, 0.1) is 19.3 Å². The molecule has 0 aliphatic carbocycles. The fourth-order valence-corrected chi connectivity index (χ4v) is 3.96. The van der Waals surface area contributed by atoms with E-state index in [1.165, 1.54) is 18.4 Å². The van der Waals surface area contributed by atoms with Crippen LogP contribution in [0.1, 0.15) is 28.1 Å². The minimum Gasteiger partial charge on any atom is -0.496 e. The highest BCUT2D eigenvalue weighted by atomic mass is 35.5. The molecule has 1 aromatic carbocycles. The third-order valence-electron chi connectivity index (χ3n) is 4.13. The van der Waals surface area contributed by atoms with Gasteiger partial charge in [0.2, 0.25) is 0 Å². The topological polar surface area (TPSA) is 52.8 Å². The van der Waals surface area contributed by atoms with E-state index in [4.69, 9.17) is 21.1 Å². The minimum atomic E-state index is -0.352. The summed E-state index contributed by atoms with van der Waals surface area (Å²) < 4.78 is 12.9. The number of methoxy groups -OCH3 is 1. The molecule has 1 unspecified atom stereocenters. The molecular weight excluding hydrogens is 360 g/mol. The summed E-state index contributed by atoms with van der Waals surface area (Å²) in [6.07, 6.45) is 4.26. The Bertz CT molecular complexity index is 822. The van der Waals surface area contributed by atoms with Gasteiger partial charge in [-0.3, -0.25) is 4.79 Å². The SMILES string of the molecule is COc1ccc(Cl)cc1C(=O)/N=c1\sc(C)cn1CC1CCCOC1. The lowest BCUT2D eigenvalue weighted by Crippen LogP contribution is -2.26. The summed E-state index contributed by atoms with van der Waals surface area (Å²) in [6, 6.07) is 4.96. The normalized spacial score (nSPS) is 18.4. The van der Waals surface area contributed by atoms with Gasteiger partial charge in [0.15, 0.2) is 4.80 Å². The van der Waals surface area contributed by atoms with Gasteiger partial charge in [-0.05, 0) is 38.0 Å². The number of thiazole rings is 1. The highest BCUT2D eigenvalue weighted by molar-refractivity contribution is 7.09. The summed E-state index contributed by atoms with van der Waals surface area (Å²) in [5.41, 5.74) is 0.369. The molecule has 7 heteroatoms. The summed E-state index contributed by atoms with van der Waals surface area (Å²) in [6.45, 7) is 4.43. The maximum absolute atomic E-state index is 12.7. The number of rotatable bonds is 4. The molecular formula is C18H21ClN2O3S. The number of carbonyl (C=O) groups is 1. The average Bonchev–Trinajstić information content (AvgIpc) is 2.94. The number of nitrogens with zero attached hydrogens (tertiary/aromatic N) is 2. The highest BCUT2D eigenvalue weighted by Gasteiger charge is 2.17. The number of amides is 1. The molecule has 1 fully saturated rings. The molecule has 0 radical (unpaired) electrons. The first-order valence-corrected chi connectivity index (χ1v) is 9.43. The van der Waals surface area contributed by atoms with E-state index in [0.29, 0.717) is 27.1 Å². The molecule has 2 heterocycles. The van der Waals surface area contributed by atoms with Crippen LogP contribution in [0, 0.1) is 12.8 Å². The molecule has 0 saturated carbocycles. The number of aromatic nitrogens is 1. The van der Waals surface area contributed by atoms with Crippen LogP contribution in [0.2, 0.25) is 5.02 Å². The van der Waals surface area contributed by atoms with Crippen molar-refractivity contribution in [2.24, 2.45) is 10.9 Å². The van der Waals surface area contributed by atoms with Crippen LogP contribution in [0.3, 0.4) is 0 Å². The molecule has 2 aromatic rings. The van der Waals surface area contributed by atoms with E-state index in [2.05, 4.69) is 4.99 Å². The third kappa shape index (κ3) is 4.51. The number of hydrogen-bond donors (Lipinski definition) is 0. The van der Waals surface area contributed by atoms with Crippen molar-refractivity contribution in [2.75, 3.05) is 20.3 Å². The first-order valence-electron chi connectivity index (χ1n) is 8.24. The Kier molecular flexibility index (Phi) is 5.93. The number of ether oxygens (including phenoxy) is 2. The van der Waals surface area contributed by atoms with Crippen LogP contribution in [0.4, 0.5) is 0 Å². The van der Waals surface area contributed by atoms with Gasteiger partial charge < -0.3 is 14.0 Å². The third-order valence-corrected chi connectivity index (χ3v) is 5.31. The van der Waals surface area contributed by atoms with Gasteiger partial charge in [-0.25, -0.2) is 0 Å². The molecule has 25 heavy (non-hydrogen) atoms. The fourth-order valence-electron chi connectivity index (χ4n) is 2.95. The molecule has 0 bridgehead atoms. The Hall–Kier alpha value is -1.63. The number of benzene rings is 1. The van der Waals surface area contributed by atoms with Crippen LogP contribution < -0.4 is 9.54 Å². The second kappa shape index (κ2) is 8.17. The fraction of sp³-hybridized carbons (Fsp3) is 0.444. The standard InChI is InChI=1S/C18H21ClN2O3S/c1-12-9-21(10-13-4-3-7-24-11-13)18(25-12)20-17(22)15-8-14(19)5-6-16(15)23-2/h5-6,8-9,13H,3-4,7,10-11H2,1-2H3/b20-18-. The predicted octanol–water partition coefficient (Wildman–Crippen LogP) is 3.69. The van der Waals surface area contributed by atoms with Crippen molar-refractivity contribution in [3.8, 4) is 5.75 Å². The molecule has 3 rings (SSSR count). The molecule has 1 aliphatic rings. The van der Waals surface area contributed by atoms with Crippen molar-refractivity contribution in [1.29, 1.82) is 0 Å². The predicted molar refractivity (Wildman–Crippen MR) is 98.5 cm³/mol. The van der Waals surface area contributed by atoms with Crippen LogP contribution in [0.15, 0.2) is 29.4 Å². The summed E-state index contributed by atoms with van der Waals surface area (Å²) in [7, 11) is 1.53. The van der Waals surface area contributed by atoms with Crippen LogP contribution >= 0.6 is 22.9 Å². The minimum absolute atomic E-state index is 0.352. The van der Waals surface area contributed by atoms with Crippen LogP contribution in [0.5, 0.6) is 5.75 Å². The van der Waals surface area contributed by atoms with Crippen LogP contribution in [-0.4, -0.2) is 30.8 Å². The van der Waals surface area contributed by atoms with E-state index >= 15 is 0 Å². The highest BCUT2D eigenvalue weighted by Crippen LogP contribution is 2.23. The second-order valence-electron chi connectivity index (χ2n) is 6.12. The molecule has 0 spiro atoms. The molecule has 5 nitrogen and oxygen atoms in total. The van der Waals surface area contributed by atoms with E-state index in [0.717, 1.165) is 37.5 Å². The van der Waals surface area contributed by atoms with E-state index in [-0.39, 0.29) is 5.91 Å². The van der Waals surface area contributed by atoms with E-state index < -0.39 is 0 Å². The number of halogens is 1. The maximum atomic E-state index is 12.7. The first kappa shape index (κ1) is 18.2. The lowest BCUT2D eigenvalue weighted by Gasteiger charge is -2.22. The number of hydrogen-bond acceptors (Lipinski definition) is 4. The Balaban J connectivity index is 1.90. The zero-order valence-corrected chi connectivity index (χ0v) is 15.9. The van der Waals surface area contributed by atoms with Crippen molar-refractivity contribution in [2.45, 2.75) is 26.3 Å². The summed E-state index contributed by atoms with van der Waals surface area (Å²) in [5, 5.41) is 0.481. The Morgan fingerprint density at radius 2 is 2.36 bits per heavy atom. The van der Waals surface area contributed by atoms with Gasteiger partial charge in [-0.2, -0.15) is 4.99 Å². The molecule has 1 amide bonds. The Morgan fingerprint density at radius 3 is 3.08 bits per heavy atom. The van der Waals surface area contributed by atoms with E-state index in [9.17, 15) is 4.79 Å². The van der Waals surface area contributed by atoms with E-state index in [1.54, 1.807) is 18.2 Å². The molecule has 1 saturated heterocycles. The van der Waals surface area contributed by atoms with Gasteiger partial charge in [0, 0.05) is 35.2 Å². The maximum Gasteiger partial charge on any atom is 0.283 e. The average molecular weight is 381 g/mol. The smallest absolute Gasteiger partial charge is 0.283 e. The molecule has 1 aliphatic heterocycles. The molecule has 1 atom stereocenters. The van der Waals surface area contributed by atoms with Crippen molar-refractivity contribution < 1.29 is 14.3 Å². The van der Waals surface area contributed by atoms with Crippen molar-refractivity contribution >= 4 is 28.8 Å². The monoisotopic (exact) mass is 380 g/mol. The van der Waals surface area contributed by atoms with Crippen molar-refractivity contribution in [3.05, 3.63) is 44.7 Å². The zero-order chi connectivity index (χ0) is 17.8. The van der Waals surface area contributed by atoms with Crippen molar-refractivity contribution in [1.82, 2.24) is 4.57 Å². The van der Waals surface area contributed by atoms with Crippen molar-refractivity contribution in [3.63, 3.8) is 0 Å². The van der Waals surface area contributed by atoms with Gasteiger partial charge in [-0.15, -0.1) is 11.3 Å². The molecule has 1 aromatic heterocycles. The zero-order valence-electron chi connectivity index (χ0n) is 14.3. The lowest BCUT2D eigenvalue weighted by atomic mass is 10.0. The number of carbonyl (C=O) groups excluding carboxylic acids is 1. The quantitative estimate of drug-likeness (QED) is 0.812. The summed E-state index contributed by atoms with van der Waals surface area (Å²) >= 11 is 7.52. The van der Waals surface area contributed by atoms with Crippen LogP contribution in [-0.2, 0) is 11.3 Å². The Morgan fingerprint density at radius 1 is 1.52 bits per heavy atom. The Labute approximate surface area is 155 Å². The van der Waals surface area contributed by atoms with E-state index in [1.807, 2.05) is 17.7 Å². The van der Waals surface area contributed by atoms with Gasteiger partial charge in [0.25, 0.3) is 5.91 Å². The van der Waals surface area contributed by atoms with Crippen LogP contribution in [0.25, 0.3) is 0 Å².